The van der Waals surface area contributed by atoms with E-state index in [0.717, 1.165) is 6.07 Å². The van der Waals surface area contributed by atoms with Crippen molar-refractivity contribution in [1.82, 2.24) is 19.2 Å². The van der Waals surface area contributed by atoms with E-state index in [2.05, 4.69) is 14.9 Å². The zero-order valence-electron chi connectivity index (χ0n) is 15.9. The molecule has 0 fully saturated rings. The Morgan fingerprint density at radius 2 is 1.97 bits per heavy atom. The molecule has 11 nitrogen and oxygen atoms in total. The average molecular weight is 409 g/mol. The van der Waals surface area contributed by atoms with Crippen LogP contribution < -0.4 is 10.3 Å². The third-order valence-corrected chi connectivity index (χ3v) is 4.63. The lowest BCUT2D eigenvalue weighted by molar-refractivity contribution is -0.386. The lowest BCUT2D eigenvalue weighted by atomic mass is 10.2. The molecule has 0 aliphatic carbocycles. The van der Waals surface area contributed by atoms with Gasteiger partial charge in [0.25, 0.3) is 5.56 Å². The number of fused-ring (bicyclic) bond motifs is 3. The first kappa shape index (κ1) is 19.1. The van der Waals surface area contributed by atoms with Gasteiger partial charge in [0, 0.05) is 13.1 Å². The third kappa shape index (κ3) is 3.02. The highest BCUT2D eigenvalue weighted by molar-refractivity contribution is 5.90. The fraction of sp³-hybridized carbons (Fsp3) is 0.158. The maximum atomic E-state index is 12.5. The molecule has 2 aromatic carbocycles. The molecule has 0 spiro atoms. The number of carbonyl (C=O) groups excluding carboxylic acids is 1. The van der Waals surface area contributed by atoms with Gasteiger partial charge in [-0.3, -0.25) is 23.9 Å². The topological polar surface area (TPSA) is 131 Å². The van der Waals surface area contributed by atoms with Crippen molar-refractivity contribution >= 4 is 28.3 Å². The van der Waals surface area contributed by atoms with Crippen LogP contribution in [0.15, 0.2) is 47.3 Å². The molecule has 11 heteroatoms. The lowest BCUT2D eigenvalue weighted by Crippen LogP contribution is -2.20. The summed E-state index contributed by atoms with van der Waals surface area (Å²) in [5, 5.41) is 20.0. The van der Waals surface area contributed by atoms with Gasteiger partial charge in [-0.2, -0.15) is 0 Å². The van der Waals surface area contributed by atoms with Crippen LogP contribution in [0.1, 0.15) is 16.2 Å². The van der Waals surface area contributed by atoms with Gasteiger partial charge >= 0.3 is 11.7 Å². The van der Waals surface area contributed by atoms with Crippen molar-refractivity contribution in [2.75, 3.05) is 7.11 Å². The Morgan fingerprint density at radius 3 is 2.70 bits per heavy atom. The second-order valence-corrected chi connectivity index (χ2v) is 6.35. The van der Waals surface area contributed by atoms with Crippen molar-refractivity contribution in [3.05, 3.63) is 74.3 Å². The van der Waals surface area contributed by atoms with Crippen LogP contribution in [0.25, 0.3) is 16.7 Å². The van der Waals surface area contributed by atoms with Crippen LogP contribution in [-0.2, 0) is 18.4 Å². The summed E-state index contributed by atoms with van der Waals surface area (Å²) in [6, 6.07) is 10.8. The van der Waals surface area contributed by atoms with Crippen LogP contribution in [0.3, 0.4) is 0 Å². The summed E-state index contributed by atoms with van der Waals surface area (Å²) in [5.74, 6) is -0.0741. The van der Waals surface area contributed by atoms with E-state index in [9.17, 15) is 19.7 Å². The molecule has 0 atom stereocenters. The number of esters is 1. The summed E-state index contributed by atoms with van der Waals surface area (Å²) < 4.78 is 13.2. The molecular formula is C19H15N5O6. The minimum atomic E-state index is -0.694. The number of rotatable bonds is 5. The predicted molar refractivity (Wildman–Crippen MR) is 105 cm³/mol. The van der Waals surface area contributed by atoms with Crippen molar-refractivity contribution in [3.8, 4) is 5.75 Å². The second kappa shape index (κ2) is 7.28. The van der Waals surface area contributed by atoms with Gasteiger partial charge in [-0.1, -0.05) is 12.1 Å². The molecule has 0 N–H and O–H groups in total. The third-order valence-electron chi connectivity index (χ3n) is 4.63. The molecule has 0 radical (unpaired) electrons. The maximum absolute atomic E-state index is 12.5. The molecule has 0 aliphatic rings. The van der Waals surface area contributed by atoms with Crippen molar-refractivity contribution in [2.24, 2.45) is 7.05 Å². The SMILES string of the molecule is COC(=O)c1ccc(OCc2nnc3n(C)c(=O)c4ccccc4n23)c([N+](=O)[O-])c1. The molecule has 30 heavy (non-hydrogen) atoms. The normalized spacial score (nSPS) is 11.0. The number of para-hydroxylation sites is 1. The number of hydrogen-bond acceptors (Lipinski definition) is 8. The number of carbonyl (C=O) groups is 1. The second-order valence-electron chi connectivity index (χ2n) is 6.35. The van der Waals surface area contributed by atoms with E-state index < -0.39 is 10.9 Å². The molecule has 152 valence electrons. The molecule has 4 rings (SSSR count). The zero-order chi connectivity index (χ0) is 21.4. The summed E-state index contributed by atoms with van der Waals surface area (Å²) >= 11 is 0. The summed E-state index contributed by atoms with van der Waals surface area (Å²) in [6.45, 7) is -0.151. The quantitative estimate of drug-likeness (QED) is 0.277. The number of nitro groups is 1. The van der Waals surface area contributed by atoms with Gasteiger partial charge in [0.1, 0.15) is 6.61 Å². The fourth-order valence-electron chi connectivity index (χ4n) is 3.15. The van der Waals surface area contributed by atoms with Crippen LogP contribution in [0.4, 0.5) is 5.69 Å². The minimum absolute atomic E-state index is 0.0328. The van der Waals surface area contributed by atoms with Crippen LogP contribution in [0.2, 0.25) is 0 Å². The number of ether oxygens (including phenoxy) is 2. The van der Waals surface area contributed by atoms with E-state index in [4.69, 9.17) is 4.74 Å². The van der Waals surface area contributed by atoms with Crippen LogP contribution >= 0.6 is 0 Å². The first-order valence-electron chi connectivity index (χ1n) is 8.73. The van der Waals surface area contributed by atoms with Crippen LogP contribution in [0, 0.1) is 10.1 Å². The number of nitro benzene ring substituents is 1. The first-order chi connectivity index (χ1) is 14.4. The minimum Gasteiger partial charge on any atom is -0.479 e. The number of aromatic nitrogens is 4. The summed E-state index contributed by atoms with van der Waals surface area (Å²) in [4.78, 5) is 34.9. The standard InChI is InChI=1S/C19H15N5O6/c1-22-17(25)12-5-3-4-6-13(12)23-16(20-21-19(22)23)10-30-15-8-7-11(18(26)29-2)9-14(15)24(27)28/h3-9H,10H2,1-2H3. The molecule has 4 aromatic rings. The summed E-state index contributed by atoms with van der Waals surface area (Å²) in [5.41, 5.74) is 0.0243. The van der Waals surface area contributed by atoms with Crippen molar-refractivity contribution < 1.29 is 19.2 Å². The molecule has 0 aliphatic heterocycles. The van der Waals surface area contributed by atoms with E-state index in [1.807, 2.05) is 0 Å². The van der Waals surface area contributed by atoms with Crippen LogP contribution in [-0.4, -0.2) is 37.2 Å². The van der Waals surface area contributed by atoms with Gasteiger partial charge in [-0.05, 0) is 24.3 Å². The Morgan fingerprint density at radius 1 is 1.20 bits per heavy atom. The Kier molecular flexibility index (Phi) is 4.62. The van der Waals surface area contributed by atoms with Crippen molar-refractivity contribution in [1.29, 1.82) is 0 Å². The Balaban J connectivity index is 1.76. The number of aryl methyl sites for hydroxylation is 1. The van der Waals surface area contributed by atoms with Gasteiger partial charge in [0.15, 0.2) is 11.6 Å². The Bertz CT molecular complexity index is 1370. The smallest absolute Gasteiger partial charge is 0.338 e. The van der Waals surface area contributed by atoms with E-state index in [1.165, 1.54) is 23.8 Å². The van der Waals surface area contributed by atoms with Crippen molar-refractivity contribution in [3.63, 3.8) is 0 Å². The number of benzene rings is 2. The Labute approximate surface area is 168 Å². The largest absolute Gasteiger partial charge is 0.479 e. The summed E-state index contributed by atoms with van der Waals surface area (Å²) in [6.07, 6.45) is 0. The number of nitrogens with zero attached hydrogens (tertiary/aromatic N) is 5. The molecule has 2 aromatic heterocycles. The lowest BCUT2D eigenvalue weighted by Gasteiger charge is -2.09. The molecular weight excluding hydrogens is 394 g/mol. The van der Waals surface area contributed by atoms with E-state index in [0.29, 0.717) is 22.5 Å². The molecule has 0 saturated heterocycles. The highest BCUT2D eigenvalue weighted by Crippen LogP contribution is 2.29. The van der Waals surface area contributed by atoms with Gasteiger partial charge < -0.3 is 9.47 Å². The van der Waals surface area contributed by atoms with E-state index in [-0.39, 0.29) is 29.2 Å². The molecule has 0 bridgehead atoms. The highest BCUT2D eigenvalue weighted by Gasteiger charge is 2.21. The maximum Gasteiger partial charge on any atom is 0.338 e. The highest BCUT2D eigenvalue weighted by atomic mass is 16.6. The van der Waals surface area contributed by atoms with Crippen LogP contribution in [0.5, 0.6) is 5.75 Å². The zero-order valence-corrected chi connectivity index (χ0v) is 15.9. The predicted octanol–water partition coefficient (Wildman–Crippen LogP) is 1.85. The molecule has 0 amide bonds. The monoisotopic (exact) mass is 409 g/mol. The molecule has 2 heterocycles. The van der Waals surface area contributed by atoms with Gasteiger partial charge in [-0.25, -0.2) is 4.79 Å². The average Bonchev–Trinajstić information content (AvgIpc) is 3.19. The Hall–Kier alpha value is -4.28. The van der Waals surface area contributed by atoms with Crippen molar-refractivity contribution in [2.45, 2.75) is 6.61 Å². The van der Waals surface area contributed by atoms with Gasteiger partial charge in [0.05, 0.1) is 28.5 Å². The first-order valence-corrected chi connectivity index (χ1v) is 8.73. The van der Waals surface area contributed by atoms with E-state index in [1.54, 1.807) is 35.7 Å². The van der Waals surface area contributed by atoms with Gasteiger partial charge in [-0.15, -0.1) is 10.2 Å². The van der Waals surface area contributed by atoms with E-state index >= 15 is 0 Å². The number of hydrogen-bond donors (Lipinski definition) is 0. The van der Waals surface area contributed by atoms with Gasteiger partial charge in [0.2, 0.25) is 5.78 Å². The molecule has 0 saturated carbocycles. The summed E-state index contributed by atoms with van der Waals surface area (Å²) in [7, 11) is 2.77. The molecule has 0 unspecified atom stereocenters. The fourth-order valence-corrected chi connectivity index (χ4v) is 3.15. The number of methoxy groups -OCH3 is 1.